The van der Waals surface area contributed by atoms with Gasteiger partial charge in [-0.3, -0.25) is 10.1 Å². The quantitative estimate of drug-likeness (QED) is 0.619. The normalized spacial score (nSPS) is 10.9. The summed E-state index contributed by atoms with van der Waals surface area (Å²) in [6.07, 6.45) is -0.936. The highest BCUT2D eigenvalue weighted by atomic mass is 35.5. The van der Waals surface area contributed by atoms with Crippen LogP contribution in [0.15, 0.2) is 0 Å². The maximum absolute atomic E-state index is 10.9. The summed E-state index contributed by atoms with van der Waals surface area (Å²) in [6, 6.07) is 0. The predicted molar refractivity (Wildman–Crippen MR) is 55.4 cm³/mol. The first-order chi connectivity index (χ1) is 6.41. The lowest BCUT2D eigenvalue weighted by Gasteiger charge is -2.17. The number of hydrogen-bond donors (Lipinski definition) is 1. The molecule has 0 unspecified atom stereocenters. The van der Waals surface area contributed by atoms with Crippen molar-refractivity contribution in [1.82, 2.24) is 5.32 Å². The first-order valence-corrected chi connectivity index (χ1v) is 5.20. The number of alkyl carbamates (subject to hydrolysis) is 1. The molecule has 0 atom stereocenters. The predicted octanol–water partition coefficient (Wildman–Crippen LogP) is 1.89. The molecule has 0 fully saturated rings. The maximum atomic E-state index is 10.9. The van der Waals surface area contributed by atoms with Crippen molar-refractivity contribution in [3.8, 4) is 0 Å². The number of carbonyl (C=O) groups is 2. The number of ether oxygens (including phenoxy) is 1. The molecule has 0 rings (SSSR count). The van der Waals surface area contributed by atoms with Gasteiger partial charge in [-0.15, -0.1) is 23.2 Å². The molecule has 14 heavy (non-hydrogen) atoms. The van der Waals surface area contributed by atoms with E-state index in [-0.39, 0.29) is 11.8 Å². The smallest absolute Gasteiger partial charge is 0.409 e. The summed E-state index contributed by atoms with van der Waals surface area (Å²) in [5, 5.41) is 2.03. The molecule has 0 bridgehead atoms. The fourth-order valence-corrected chi connectivity index (χ4v) is 0.702. The highest BCUT2D eigenvalue weighted by molar-refractivity contribution is 6.51. The number of Topliss-reactive ketones (excluding diaryl/α,β-unsaturated/α-hetero) is 1. The number of hydrogen-bond acceptors (Lipinski definition) is 3. The second-order valence-corrected chi connectivity index (χ2v) is 4.23. The monoisotopic (exact) mass is 281 g/mol. The van der Waals surface area contributed by atoms with Gasteiger partial charge in [0.25, 0.3) is 0 Å². The number of ketones is 1. The zero-order chi connectivity index (χ0) is 11.2. The molecule has 0 aromatic rings. The summed E-state index contributed by atoms with van der Waals surface area (Å²) >= 11 is 21.4. The molecule has 8 heteroatoms. The third-order valence-corrected chi connectivity index (χ3v) is 2.39. The first-order valence-electron chi connectivity index (χ1n) is 3.37. The molecular formula is C6H7Cl4NO3. The summed E-state index contributed by atoms with van der Waals surface area (Å²) in [4.78, 5) is 21.5. The topological polar surface area (TPSA) is 55.4 Å². The average molecular weight is 283 g/mol. The second-order valence-electron chi connectivity index (χ2n) is 2.21. The molecular weight excluding hydrogens is 276 g/mol. The molecule has 1 N–H and O–H groups in total. The van der Waals surface area contributed by atoms with Crippen LogP contribution in [0.2, 0.25) is 0 Å². The van der Waals surface area contributed by atoms with Gasteiger partial charge in [-0.25, -0.2) is 4.79 Å². The lowest BCUT2D eigenvalue weighted by atomic mass is 10.5. The molecule has 0 aromatic carbocycles. The van der Waals surface area contributed by atoms with E-state index in [1.165, 1.54) is 0 Å². The summed E-state index contributed by atoms with van der Waals surface area (Å²) in [6.45, 7) is -0.429. The average Bonchev–Trinajstić information content (AvgIpc) is 2.13. The molecule has 0 saturated heterocycles. The molecule has 0 radical (unpaired) electrons. The van der Waals surface area contributed by atoms with Crippen LogP contribution in [-0.2, 0) is 9.53 Å². The molecule has 82 valence electrons. The zero-order valence-corrected chi connectivity index (χ0v) is 9.88. The SMILES string of the molecule is O=C(CCl)COC(=O)NC(Cl)(Cl)CCl. The highest BCUT2D eigenvalue weighted by Gasteiger charge is 2.25. The van der Waals surface area contributed by atoms with Gasteiger partial charge < -0.3 is 4.74 Å². The second kappa shape index (κ2) is 6.56. The molecule has 0 aliphatic rings. The maximum Gasteiger partial charge on any atom is 0.409 e. The van der Waals surface area contributed by atoms with Crippen molar-refractivity contribution < 1.29 is 14.3 Å². The van der Waals surface area contributed by atoms with Gasteiger partial charge in [-0.1, -0.05) is 23.2 Å². The summed E-state index contributed by atoms with van der Waals surface area (Å²) in [5.74, 6) is -0.868. The first kappa shape index (κ1) is 14.1. The van der Waals surface area contributed by atoms with E-state index in [1.54, 1.807) is 0 Å². The summed E-state index contributed by atoms with van der Waals surface area (Å²) in [7, 11) is 0. The Kier molecular flexibility index (Phi) is 6.61. The van der Waals surface area contributed by atoms with Gasteiger partial charge in [0.1, 0.15) is 0 Å². The minimum atomic E-state index is -1.61. The third-order valence-electron chi connectivity index (χ3n) is 0.966. The molecule has 0 aromatic heterocycles. The third kappa shape index (κ3) is 6.54. The van der Waals surface area contributed by atoms with Crippen molar-refractivity contribution >= 4 is 58.3 Å². The molecule has 0 aliphatic carbocycles. The van der Waals surface area contributed by atoms with Gasteiger partial charge >= 0.3 is 6.09 Å². The van der Waals surface area contributed by atoms with Gasteiger partial charge in [0, 0.05) is 0 Å². The van der Waals surface area contributed by atoms with Crippen LogP contribution in [0.1, 0.15) is 0 Å². The lowest BCUT2D eigenvalue weighted by Crippen LogP contribution is -2.41. The number of nitrogens with one attached hydrogen (secondary N) is 1. The van der Waals surface area contributed by atoms with Crippen molar-refractivity contribution in [1.29, 1.82) is 0 Å². The van der Waals surface area contributed by atoms with Crippen LogP contribution < -0.4 is 5.32 Å². The Balaban J connectivity index is 3.82. The van der Waals surface area contributed by atoms with E-state index in [2.05, 4.69) is 4.74 Å². The Labute approximate surface area is 101 Å². The van der Waals surface area contributed by atoms with E-state index >= 15 is 0 Å². The fraction of sp³-hybridized carbons (Fsp3) is 0.667. The number of alkyl halides is 4. The van der Waals surface area contributed by atoms with E-state index in [9.17, 15) is 9.59 Å². The van der Waals surface area contributed by atoms with E-state index in [1.807, 2.05) is 5.32 Å². The van der Waals surface area contributed by atoms with Crippen molar-refractivity contribution in [2.24, 2.45) is 0 Å². The zero-order valence-electron chi connectivity index (χ0n) is 6.86. The van der Waals surface area contributed by atoms with Crippen LogP contribution in [0.5, 0.6) is 0 Å². The van der Waals surface area contributed by atoms with E-state index in [0.717, 1.165) is 0 Å². The van der Waals surface area contributed by atoms with Crippen LogP contribution >= 0.6 is 46.4 Å². The number of carbonyl (C=O) groups excluding carboxylic acids is 2. The highest BCUT2D eigenvalue weighted by Crippen LogP contribution is 2.18. The number of halogens is 4. The van der Waals surface area contributed by atoms with Crippen molar-refractivity contribution in [3.63, 3.8) is 0 Å². The van der Waals surface area contributed by atoms with Gasteiger partial charge in [0.2, 0.25) is 4.46 Å². The number of amides is 1. The molecule has 0 spiro atoms. The standard InChI is InChI=1S/C6H7Cl4NO3/c7-1-4(12)2-14-5(13)11-6(9,10)3-8/h1-3H2,(H,11,13). The van der Waals surface area contributed by atoms with Crippen molar-refractivity contribution in [3.05, 3.63) is 0 Å². The fourth-order valence-electron chi connectivity index (χ4n) is 0.403. The number of rotatable bonds is 5. The van der Waals surface area contributed by atoms with E-state index < -0.39 is 22.9 Å². The summed E-state index contributed by atoms with van der Waals surface area (Å²) in [5.41, 5.74) is 0. The largest absolute Gasteiger partial charge is 0.441 e. The Hall–Kier alpha value is 0.1000. The van der Waals surface area contributed by atoms with Gasteiger partial charge in [-0.2, -0.15) is 0 Å². The van der Waals surface area contributed by atoms with Crippen LogP contribution in [0.4, 0.5) is 4.79 Å². The Morgan fingerprint density at radius 1 is 1.29 bits per heavy atom. The van der Waals surface area contributed by atoms with E-state index in [0.29, 0.717) is 0 Å². The van der Waals surface area contributed by atoms with Crippen molar-refractivity contribution in [2.45, 2.75) is 4.46 Å². The molecule has 0 aliphatic heterocycles. The van der Waals surface area contributed by atoms with Crippen LogP contribution in [0, 0.1) is 0 Å². The molecule has 4 nitrogen and oxygen atoms in total. The van der Waals surface area contributed by atoms with E-state index in [4.69, 9.17) is 46.4 Å². The molecule has 1 amide bonds. The van der Waals surface area contributed by atoms with Gasteiger partial charge in [0.15, 0.2) is 12.4 Å². The Morgan fingerprint density at radius 2 is 1.86 bits per heavy atom. The van der Waals surface area contributed by atoms with Gasteiger partial charge in [-0.05, 0) is 0 Å². The Bertz CT molecular complexity index is 221. The van der Waals surface area contributed by atoms with Crippen molar-refractivity contribution in [2.75, 3.05) is 18.4 Å². The van der Waals surface area contributed by atoms with Crippen LogP contribution in [0.25, 0.3) is 0 Å². The minimum Gasteiger partial charge on any atom is -0.441 e. The summed E-state index contributed by atoms with van der Waals surface area (Å²) < 4.78 is 2.81. The Morgan fingerprint density at radius 3 is 2.29 bits per heavy atom. The van der Waals surface area contributed by atoms with Crippen LogP contribution in [-0.4, -0.2) is 34.7 Å². The lowest BCUT2D eigenvalue weighted by molar-refractivity contribution is -0.119. The van der Waals surface area contributed by atoms with Gasteiger partial charge in [0.05, 0.1) is 11.8 Å². The minimum absolute atomic E-state index is 0.214. The van der Waals surface area contributed by atoms with Crippen LogP contribution in [0.3, 0.4) is 0 Å². The molecule has 0 saturated carbocycles. The molecule has 0 heterocycles.